The van der Waals surface area contributed by atoms with E-state index in [0.717, 1.165) is 55.4 Å². The molecule has 39 heavy (non-hydrogen) atoms. The molecule has 1 aliphatic carbocycles. The number of benzene rings is 1. The van der Waals surface area contributed by atoms with Crippen LogP contribution in [-0.4, -0.2) is 51.9 Å². The van der Waals surface area contributed by atoms with Gasteiger partial charge in [-0.15, -0.1) is 0 Å². The van der Waals surface area contributed by atoms with Crippen LogP contribution >= 0.6 is 0 Å². The number of likely N-dealkylation sites (tertiary alicyclic amines) is 1. The number of nitrogens with zero attached hydrogens (tertiary/aromatic N) is 2. The lowest BCUT2D eigenvalue weighted by molar-refractivity contribution is -0.0567. The van der Waals surface area contributed by atoms with Crippen molar-refractivity contribution in [1.29, 1.82) is 0 Å². The van der Waals surface area contributed by atoms with Crippen LogP contribution in [0.4, 0.5) is 0 Å². The lowest BCUT2D eigenvalue weighted by Crippen LogP contribution is -2.45. The van der Waals surface area contributed by atoms with Crippen LogP contribution < -0.4 is 15.6 Å². The van der Waals surface area contributed by atoms with Gasteiger partial charge in [-0.05, 0) is 70.4 Å². The number of hydrogen-bond donors (Lipinski definition) is 3. The van der Waals surface area contributed by atoms with Gasteiger partial charge < -0.3 is 24.7 Å². The molecule has 210 valence electrons. The molecule has 3 N–H and O–H groups in total. The maximum Gasteiger partial charge on any atom is 0.256 e. The third-order valence-electron chi connectivity index (χ3n) is 9.12. The smallest absolute Gasteiger partial charge is 0.256 e. The Bertz CT molecular complexity index is 1380. The van der Waals surface area contributed by atoms with E-state index in [0.29, 0.717) is 34.4 Å². The first-order chi connectivity index (χ1) is 18.8. The van der Waals surface area contributed by atoms with Gasteiger partial charge in [0.25, 0.3) is 11.5 Å². The van der Waals surface area contributed by atoms with E-state index in [9.17, 15) is 14.7 Å². The monoisotopic (exact) mass is 534 g/mol. The fraction of sp³-hybridized carbons (Fsp3) is 0.548. The van der Waals surface area contributed by atoms with Crippen molar-refractivity contribution in [2.45, 2.75) is 78.1 Å². The highest BCUT2D eigenvalue weighted by Crippen LogP contribution is 2.37. The van der Waals surface area contributed by atoms with Crippen molar-refractivity contribution in [3.05, 3.63) is 63.2 Å². The average molecular weight is 535 g/mol. The molecule has 3 aromatic rings. The van der Waals surface area contributed by atoms with Gasteiger partial charge in [0.15, 0.2) is 0 Å². The number of ether oxygens (including phenoxy) is 1. The van der Waals surface area contributed by atoms with Gasteiger partial charge in [-0.25, -0.2) is 0 Å². The molecule has 1 aromatic carbocycles. The molecule has 1 saturated heterocycles. The van der Waals surface area contributed by atoms with Gasteiger partial charge >= 0.3 is 0 Å². The van der Waals surface area contributed by atoms with Crippen LogP contribution in [0.5, 0.6) is 5.75 Å². The Morgan fingerprint density at radius 3 is 2.51 bits per heavy atom. The molecule has 5 rings (SSSR count). The molecule has 2 atom stereocenters. The van der Waals surface area contributed by atoms with Crippen LogP contribution in [0.25, 0.3) is 10.9 Å². The van der Waals surface area contributed by atoms with Crippen molar-refractivity contribution in [2.75, 3.05) is 20.2 Å². The second-order valence-electron chi connectivity index (χ2n) is 11.4. The van der Waals surface area contributed by atoms with E-state index < -0.39 is 0 Å². The maximum atomic E-state index is 13.6. The summed E-state index contributed by atoms with van der Waals surface area (Å²) in [7, 11) is 1.53. The number of piperidine rings is 1. The minimum absolute atomic E-state index is 0.0773. The summed E-state index contributed by atoms with van der Waals surface area (Å²) in [5.41, 5.74) is 3.47. The van der Waals surface area contributed by atoms with Crippen molar-refractivity contribution in [2.24, 2.45) is 11.8 Å². The number of para-hydroxylation sites is 1. The highest BCUT2D eigenvalue weighted by Gasteiger charge is 2.34. The van der Waals surface area contributed by atoms with E-state index in [4.69, 9.17) is 4.74 Å². The first kappa shape index (κ1) is 27.5. The van der Waals surface area contributed by atoms with Crippen molar-refractivity contribution < 1.29 is 14.6 Å². The second kappa shape index (κ2) is 11.6. The Balaban J connectivity index is 1.35. The van der Waals surface area contributed by atoms with Gasteiger partial charge in [-0.1, -0.05) is 31.0 Å². The lowest BCUT2D eigenvalue weighted by Gasteiger charge is -2.39. The Hall–Kier alpha value is -3.10. The zero-order valence-corrected chi connectivity index (χ0v) is 23.6. The van der Waals surface area contributed by atoms with Gasteiger partial charge in [0.05, 0.1) is 24.8 Å². The number of methoxy groups -OCH3 is 1. The number of aliphatic hydroxyl groups is 1. The van der Waals surface area contributed by atoms with Gasteiger partial charge in [0.1, 0.15) is 12.0 Å². The van der Waals surface area contributed by atoms with Gasteiger partial charge in [-0.2, -0.15) is 0 Å². The zero-order valence-electron chi connectivity index (χ0n) is 23.6. The third-order valence-corrected chi connectivity index (χ3v) is 9.12. The molecule has 3 heterocycles. The van der Waals surface area contributed by atoms with E-state index in [2.05, 4.69) is 32.8 Å². The number of aliphatic hydroxyl groups excluding tert-OH is 1. The summed E-state index contributed by atoms with van der Waals surface area (Å²) in [6.07, 6.45) is 6.49. The molecule has 0 radical (unpaired) electrons. The van der Waals surface area contributed by atoms with E-state index >= 15 is 0 Å². The summed E-state index contributed by atoms with van der Waals surface area (Å²) in [6, 6.07) is 10.0. The molecule has 8 heteroatoms. The normalized spacial score (nSPS) is 18.9. The fourth-order valence-corrected chi connectivity index (χ4v) is 6.93. The van der Waals surface area contributed by atoms with Crippen LogP contribution in [0.2, 0.25) is 0 Å². The van der Waals surface area contributed by atoms with Crippen LogP contribution in [0, 0.1) is 25.7 Å². The van der Waals surface area contributed by atoms with Crippen molar-refractivity contribution in [3.63, 3.8) is 0 Å². The number of rotatable bonds is 8. The molecule has 2 aliphatic rings. The molecule has 8 nitrogen and oxygen atoms in total. The fourth-order valence-electron chi connectivity index (χ4n) is 6.93. The molecule has 0 bridgehead atoms. The number of carbonyl (C=O) groups is 1. The molecule has 2 fully saturated rings. The van der Waals surface area contributed by atoms with Gasteiger partial charge in [-0.3, -0.25) is 14.5 Å². The van der Waals surface area contributed by atoms with Crippen molar-refractivity contribution in [1.82, 2.24) is 19.8 Å². The SMILES string of the molecule is COc1cc(C)[nH]c(=O)c1CNC(=O)c1c(C)n(C(C)C2CCN(C(O)C3CCCC3)CC2)c2ccccc12. The summed E-state index contributed by atoms with van der Waals surface area (Å²) >= 11 is 0. The van der Waals surface area contributed by atoms with Crippen molar-refractivity contribution >= 4 is 16.8 Å². The molecule has 2 unspecified atom stereocenters. The van der Waals surface area contributed by atoms with Crippen LogP contribution in [0.15, 0.2) is 35.1 Å². The average Bonchev–Trinajstić information content (AvgIpc) is 3.57. The Labute approximate surface area is 230 Å². The number of H-pyrrole nitrogens is 1. The van der Waals surface area contributed by atoms with E-state index in [1.807, 2.05) is 25.1 Å². The summed E-state index contributed by atoms with van der Waals surface area (Å²) in [5.74, 6) is 1.14. The topological polar surface area (TPSA) is 99.6 Å². The number of hydrogen-bond acceptors (Lipinski definition) is 5. The first-order valence-electron chi connectivity index (χ1n) is 14.4. The summed E-state index contributed by atoms with van der Waals surface area (Å²) < 4.78 is 7.71. The van der Waals surface area contributed by atoms with Gasteiger partial charge in [0, 0.05) is 41.4 Å². The molecule has 1 saturated carbocycles. The lowest BCUT2D eigenvalue weighted by atomic mass is 9.89. The molecular weight excluding hydrogens is 492 g/mol. The first-order valence-corrected chi connectivity index (χ1v) is 14.4. The number of fused-ring (bicyclic) bond motifs is 1. The number of carbonyl (C=O) groups excluding carboxylic acids is 1. The molecule has 1 amide bonds. The minimum Gasteiger partial charge on any atom is -0.496 e. The van der Waals surface area contributed by atoms with Crippen molar-refractivity contribution in [3.8, 4) is 5.75 Å². The standard InChI is InChI=1S/C31H42N4O4/c1-19-17-27(39-4)25(29(36)33-19)18-32-30(37)28-21(3)35(26-12-8-7-11-24(26)28)20(2)22-13-15-34(16-14-22)31(38)23-9-5-6-10-23/h7-8,11-12,17,20,22-23,31,38H,5-6,9-10,13-16,18H2,1-4H3,(H,32,37)(H,33,36). The molecule has 2 aromatic heterocycles. The highest BCUT2D eigenvalue weighted by molar-refractivity contribution is 6.08. The predicted octanol–water partition coefficient (Wildman–Crippen LogP) is 4.67. The number of amides is 1. The summed E-state index contributed by atoms with van der Waals surface area (Å²) in [4.78, 5) is 31.2. The van der Waals surface area contributed by atoms with E-state index in [1.54, 1.807) is 13.0 Å². The third kappa shape index (κ3) is 5.37. The van der Waals surface area contributed by atoms with E-state index in [1.165, 1.54) is 20.0 Å². The summed E-state index contributed by atoms with van der Waals surface area (Å²) in [6.45, 7) is 7.97. The number of nitrogens with one attached hydrogen (secondary N) is 2. The van der Waals surface area contributed by atoms with Crippen LogP contribution in [0.3, 0.4) is 0 Å². The van der Waals surface area contributed by atoms with E-state index in [-0.39, 0.29) is 30.3 Å². The largest absolute Gasteiger partial charge is 0.496 e. The minimum atomic E-state index is -0.312. The Kier molecular flexibility index (Phi) is 8.14. The molecule has 0 spiro atoms. The zero-order chi connectivity index (χ0) is 27.7. The Morgan fingerprint density at radius 1 is 1.13 bits per heavy atom. The van der Waals surface area contributed by atoms with Crippen LogP contribution in [0.1, 0.15) is 78.8 Å². The summed E-state index contributed by atoms with van der Waals surface area (Å²) in [5, 5.41) is 14.8. The number of pyridine rings is 1. The van der Waals surface area contributed by atoms with Crippen LogP contribution in [-0.2, 0) is 6.54 Å². The highest BCUT2D eigenvalue weighted by atomic mass is 16.5. The number of aromatic nitrogens is 2. The number of aromatic amines is 1. The van der Waals surface area contributed by atoms with Gasteiger partial charge in [0.2, 0.25) is 0 Å². The quantitative estimate of drug-likeness (QED) is 0.390. The number of aryl methyl sites for hydroxylation is 1. The molecule has 1 aliphatic heterocycles. The second-order valence-corrected chi connectivity index (χ2v) is 11.4. The predicted molar refractivity (Wildman–Crippen MR) is 153 cm³/mol. The molecular formula is C31H42N4O4. The Morgan fingerprint density at radius 2 is 1.82 bits per heavy atom. The maximum absolute atomic E-state index is 13.6.